The van der Waals surface area contributed by atoms with Crippen LogP contribution in [-0.2, 0) is 5.60 Å². The van der Waals surface area contributed by atoms with Crippen LogP contribution in [0.15, 0.2) is 12.1 Å². The summed E-state index contributed by atoms with van der Waals surface area (Å²) in [7, 11) is 0. The summed E-state index contributed by atoms with van der Waals surface area (Å²) in [4.78, 5) is 0. The van der Waals surface area contributed by atoms with Crippen LogP contribution in [0.2, 0.25) is 0 Å². The Morgan fingerprint density at radius 2 is 1.69 bits per heavy atom. The van der Waals surface area contributed by atoms with Crippen molar-refractivity contribution in [2.45, 2.75) is 19.4 Å². The van der Waals surface area contributed by atoms with Crippen molar-refractivity contribution >= 4 is 5.69 Å². The number of hydrogen-bond acceptors (Lipinski definition) is 2. The first kappa shape index (κ1) is 9.92. The Hall–Kier alpha value is -1.16. The van der Waals surface area contributed by atoms with E-state index in [2.05, 4.69) is 0 Å². The lowest BCUT2D eigenvalue weighted by Crippen LogP contribution is -2.18. The van der Waals surface area contributed by atoms with Gasteiger partial charge in [0.05, 0.1) is 5.60 Å². The number of nitrogens with two attached hydrogens (primary N) is 1. The molecular weight excluding hydrogens is 176 g/mol. The van der Waals surface area contributed by atoms with Crippen LogP contribution in [0.1, 0.15) is 19.4 Å². The molecule has 3 N–H and O–H groups in total. The lowest BCUT2D eigenvalue weighted by molar-refractivity contribution is 0.0789. The van der Waals surface area contributed by atoms with Crippen LogP contribution in [0.5, 0.6) is 0 Å². The average molecular weight is 187 g/mol. The maximum atomic E-state index is 12.7. The lowest BCUT2D eigenvalue weighted by Gasteiger charge is -2.19. The van der Waals surface area contributed by atoms with Gasteiger partial charge in [-0.1, -0.05) is 0 Å². The topological polar surface area (TPSA) is 46.2 Å². The molecule has 0 amide bonds. The van der Waals surface area contributed by atoms with Gasteiger partial charge in [-0.15, -0.1) is 0 Å². The molecule has 0 aliphatic rings. The Morgan fingerprint density at radius 3 is 2.15 bits per heavy atom. The summed E-state index contributed by atoms with van der Waals surface area (Å²) in [5.74, 6) is -2.02. The van der Waals surface area contributed by atoms with Crippen LogP contribution in [0, 0.1) is 11.6 Å². The molecule has 0 atom stereocenters. The van der Waals surface area contributed by atoms with Crippen molar-refractivity contribution in [3.8, 4) is 0 Å². The third-order valence-electron chi connectivity index (χ3n) is 1.75. The monoisotopic (exact) mass is 187 g/mol. The highest BCUT2D eigenvalue weighted by Crippen LogP contribution is 2.27. The maximum absolute atomic E-state index is 12.7. The normalized spacial score (nSPS) is 11.8. The predicted molar refractivity (Wildman–Crippen MR) is 46.0 cm³/mol. The molecule has 2 nitrogen and oxygen atoms in total. The summed E-state index contributed by atoms with van der Waals surface area (Å²) in [6.07, 6.45) is 0. The van der Waals surface area contributed by atoms with Gasteiger partial charge in [-0.05, 0) is 19.9 Å². The van der Waals surface area contributed by atoms with E-state index in [1.165, 1.54) is 13.8 Å². The van der Waals surface area contributed by atoms with Crippen LogP contribution in [0.3, 0.4) is 0 Å². The maximum Gasteiger partial charge on any atom is 0.160 e. The van der Waals surface area contributed by atoms with Crippen molar-refractivity contribution in [2.24, 2.45) is 0 Å². The van der Waals surface area contributed by atoms with Crippen LogP contribution in [-0.4, -0.2) is 5.11 Å². The standard InChI is InChI=1S/C9H11F2NO/c1-9(2,13)5-3-6(10)7(11)4-8(5)12/h3-4,13H,12H2,1-2H3. The fraction of sp³-hybridized carbons (Fsp3) is 0.333. The molecule has 13 heavy (non-hydrogen) atoms. The van der Waals surface area contributed by atoms with Gasteiger partial charge in [-0.2, -0.15) is 0 Å². The van der Waals surface area contributed by atoms with E-state index in [0.717, 1.165) is 12.1 Å². The molecule has 0 aliphatic carbocycles. The quantitative estimate of drug-likeness (QED) is 0.658. The third kappa shape index (κ3) is 1.95. The van der Waals surface area contributed by atoms with Gasteiger partial charge >= 0.3 is 0 Å². The average Bonchev–Trinajstić information content (AvgIpc) is 1.94. The molecule has 1 aromatic carbocycles. The zero-order valence-electron chi connectivity index (χ0n) is 7.44. The summed E-state index contributed by atoms with van der Waals surface area (Å²) < 4.78 is 25.4. The highest BCUT2D eigenvalue weighted by Gasteiger charge is 2.21. The minimum absolute atomic E-state index is 0.0476. The van der Waals surface area contributed by atoms with E-state index >= 15 is 0 Å². The Bertz CT molecular complexity index is 331. The summed E-state index contributed by atoms with van der Waals surface area (Å²) in [6, 6.07) is 1.77. The number of benzene rings is 1. The molecule has 0 saturated heterocycles. The van der Waals surface area contributed by atoms with Gasteiger partial charge in [-0.25, -0.2) is 8.78 Å². The number of aliphatic hydroxyl groups is 1. The van der Waals surface area contributed by atoms with E-state index in [9.17, 15) is 13.9 Å². The first-order valence-corrected chi connectivity index (χ1v) is 3.79. The highest BCUT2D eigenvalue weighted by atomic mass is 19.2. The van der Waals surface area contributed by atoms with Gasteiger partial charge in [0.25, 0.3) is 0 Å². The van der Waals surface area contributed by atoms with Gasteiger partial charge in [0, 0.05) is 17.3 Å². The minimum atomic E-state index is -1.27. The van der Waals surface area contributed by atoms with E-state index in [1.807, 2.05) is 0 Å². The summed E-state index contributed by atoms with van der Waals surface area (Å²) in [6.45, 7) is 2.91. The van der Waals surface area contributed by atoms with Crippen LogP contribution in [0.25, 0.3) is 0 Å². The Balaban J connectivity index is 3.32. The number of halogens is 2. The first-order chi connectivity index (χ1) is 5.82. The molecule has 0 bridgehead atoms. The zero-order valence-corrected chi connectivity index (χ0v) is 7.44. The van der Waals surface area contributed by atoms with Crippen molar-refractivity contribution in [3.05, 3.63) is 29.3 Å². The number of hydrogen-bond donors (Lipinski definition) is 2. The van der Waals surface area contributed by atoms with E-state index in [-0.39, 0.29) is 11.3 Å². The van der Waals surface area contributed by atoms with Gasteiger partial charge < -0.3 is 10.8 Å². The smallest absolute Gasteiger partial charge is 0.160 e. The summed E-state index contributed by atoms with van der Waals surface area (Å²) in [5.41, 5.74) is 4.38. The molecule has 0 fully saturated rings. The SMILES string of the molecule is CC(C)(O)c1cc(F)c(F)cc1N. The molecule has 72 valence electrons. The molecule has 4 heteroatoms. The van der Waals surface area contributed by atoms with Gasteiger partial charge in [-0.3, -0.25) is 0 Å². The lowest BCUT2D eigenvalue weighted by atomic mass is 9.96. The second-order valence-electron chi connectivity index (χ2n) is 3.41. The van der Waals surface area contributed by atoms with Crippen molar-refractivity contribution in [1.29, 1.82) is 0 Å². The second-order valence-corrected chi connectivity index (χ2v) is 3.41. The Labute approximate surface area is 75.0 Å². The molecule has 0 aromatic heterocycles. The highest BCUT2D eigenvalue weighted by molar-refractivity contribution is 5.49. The Kier molecular flexibility index (Phi) is 2.26. The largest absolute Gasteiger partial charge is 0.398 e. The van der Waals surface area contributed by atoms with Crippen molar-refractivity contribution < 1.29 is 13.9 Å². The molecule has 0 spiro atoms. The van der Waals surface area contributed by atoms with Crippen LogP contribution in [0.4, 0.5) is 14.5 Å². The summed E-state index contributed by atoms with van der Waals surface area (Å²) >= 11 is 0. The molecular formula is C9H11F2NO. The van der Waals surface area contributed by atoms with Crippen molar-refractivity contribution in [3.63, 3.8) is 0 Å². The van der Waals surface area contributed by atoms with Gasteiger partial charge in [0.1, 0.15) is 0 Å². The molecule has 0 radical (unpaired) electrons. The number of anilines is 1. The molecule has 0 saturated carbocycles. The molecule has 1 rings (SSSR count). The molecule has 0 heterocycles. The zero-order chi connectivity index (χ0) is 10.2. The van der Waals surface area contributed by atoms with Crippen molar-refractivity contribution in [1.82, 2.24) is 0 Å². The predicted octanol–water partition coefficient (Wildman–Crippen LogP) is 1.77. The fourth-order valence-corrected chi connectivity index (χ4v) is 1.09. The van der Waals surface area contributed by atoms with E-state index in [0.29, 0.717) is 0 Å². The Morgan fingerprint density at radius 1 is 1.23 bits per heavy atom. The van der Waals surface area contributed by atoms with Crippen molar-refractivity contribution in [2.75, 3.05) is 5.73 Å². The van der Waals surface area contributed by atoms with E-state index < -0.39 is 17.2 Å². The van der Waals surface area contributed by atoms with Crippen LogP contribution < -0.4 is 5.73 Å². The minimum Gasteiger partial charge on any atom is -0.398 e. The summed E-state index contributed by atoms with van der Waals surface area (Å²) in [5, 5.41) is 9.52. The molecule has 0 aliphatic heterocycles. The first-order valence-electron chi connectivity index (χ1n) is 3.79. The number of rotatable bonds is 1. The molecule has 0 unspecified atom stereocenters. The van der Waals surface area contributed by atoms with Gasteiger partial charge in [0.2, 0.25) is 0 Å². The molecule has 1 aromatic rings. The fourth-order valence-electron chi connectivity index (χ4n) is 1.09. The van der Waals surface area contributed by atoms with E-state index in [1.54, 1.807) is 0 Å². The number of nitrogen functional groups attached to an aromatic ring is 1. The third-order valence-corrected chi connectivity index (χ3v) is 1.75. The van der Waals surface area contributed by atoms with Gasteiger partial charge in [0.15, 0.2) is 11.6 Å². The second kappa shape index (κ2) is 2.96. The van der Waals surface area contributed by atoms with Crippen LogP contribution >= 0.6 is 0 Å². The van der Waals surface area contributed by atoms with E-state index in [4.69, 9.17) is 5.73 Å².